The second-order valence-electron chi connectivity index (χ2n) is 12.1. The van der Waals surface area contributed by atoms with E-state index >= 15 is 0 Å². The molecule has 0 fully saturated rings. The van der Waals surface area contributed by atoms with Crippen LogP contribution in [-0.2, 0) is 51.2 Å². The highest BCUT2D eigenvalue weighted by Crippen LogP contribution is 2.10. The predicted molar refractivity (Wildman–Crippen MR) is 182 cm³/mol. The van der Waals surface area contributed by atoms with Crippen LogP contribution < -0.4 is 38.1 Å². The van der Waals surface area contributed by atoms with Crippen LogP contribution in [0.4, 0.5) is 0 Å². The number of amides is 6. The number of rotatable bonds is 21. The van der Waals surface area contributed by atoms with Crippen molar-refractivity contribution in [2.75, 3.05) is 6.54 Å². The molecule has 6 amide bonds. The first-order chi connectivity index (χ1) is 24.1. The van der Waals surface area contributed by atoms with Crippen LogP contribution in [0.1, 0.15) is 44.2 Å². The molecule has 0 aliphatic heterocycles. The van der Waals surface area contributed by atoms with Crippen LogP contribution in [0.5, 0.6) is 0 Å². The fourth-order valence-electron chi connectivity index (χ4n) is 4.85. The van der Waals surface area contributed by atoms with Crippen LogP contribution in [0.3, 0.4) is 0 Å². The lowest BCUT2D eigenvalue weighted by atomic mass is 10.00. The standard InChI is InChI=1S/C34H45N7O10/c1-19(2)29(34(51)37-18-28(45)46)41-33(50)25(16-21-11-7-4-8-12-21)40-31(48)23(13-14-27(43)44)38-32(49)24(15-20-9-5-3-6-10-20)39-30(47)22(35)17-26(36)42/h3-12,19,22-25,29H,13-18,35H2,1-2H3,(H2,36,42)(H,37,51)(H,38,49)(H,39,47)(H,40,48)(H,41,50)(H,43,44)(H,45,46)/t22-,23-,24-,25-,29-/m0/s1. The number of primary amides is 1. The van der Waals surface area contributed by atoms with Crippen LogP contribution in [0.2, 0.25) is 0 Å². The number of nitrogens with one attached hydrogen (secondary N) is 5. The predicted octanol–water partition coefficient (Wildman–Crippen LogP) is -1.66. The summed E-state index contributed by atoms with van der Waals surface area (Å²) in [6.45, 7) is 2.56. The third-order valence-corrected chi connectivity index (χ3v) is 7.53. The van der Waals surface area contributed by atoms with Crippen LogP contribution >= 0.6 is 0 Å². The Morgan fingerprint density at radius 1 is 0.627 bits per heavy atom. The number of carboxylic acid groups (broad SMARTS) is 2. The van der Waals surface area contributed by atoms with Gasteiger partial charge in [0.05, 0.1) is 12.5 Å². The molecule has 0 aliphatic rings. The number of hydrogen-bond donors (Lipinski definition) is 9. The van der Waals surface area contributed by atoms with Gasteiger partial charge in [-0.3, -0.25) is 38.4 Å². The van der Waals surface area contributed by atoms with E-state index in [1.807, 2.05) is 0 Å². The van der Waals surface area contributed by atoms with Crippen LogP contribution in [0, 0.1) is 5.92 Å². The fourth-order valence-corrected chi connectivity index (χ4v) is 4.85. The summed E-state index contributed by atoms with van der Waals surface area (Å²) in [7, 11) is 0. The molecule has 0 radical (unpaired) electrons. The second-order valence-corrected chi connectivity index (χ2v) is 12.1. The first kappa shape index (κ1) is 41.3. The van der Waals surface area contributed by atoms with Gasteiger partial charge in [0, 0.05) is 19.3 Å². The van der Waals surface area contributed by atoms with Gasteiger partial charge in [-0.05, 0) is 23.5 Å². The summed E-state index contributed by atoms with van der Waals surface area (Å²) in [4.78, 5) is 100. The molecule has 2 aromatic rings. The highest BCUT2D eigenvalue weighted by atomic mass is 16.4. The molecule has 0 saturated heterocycles. The first-order valence-corrected chi connectivity index (χ1v) is 16.1. The van der Waals surface area contributed by atoms with Crippen molar-refractivity contribution < 1.29 is 48.6 Å². The quantitative estimate of drug-likeness (QED) is 0.0706. The minimum absolute atomic E-state index is 0.0749. The average molecular weight is 712 g/mol. The first-order valence-electron chi connectivity index (χ1n) is 16.1. The summed E-state index contributed by atoms with van der Waals surface area (Å²) >= 11 is 0. The Balaban J connectivity index is 2.38. The Morgan fingerprint density at radius 2 is 1.08 bits per heavy atom. The third-order valence-electron chi connectivity index (χ3n) is 7.53. The molecule has 5 atom stereocenters. The molecule has 0 bridgehead atoms. The number of carbonyl (C=O) groups is 8. The maximum Gasteiger partial charge on any atom is 0.322 e. The molecule has 2 aromatic carbocycles. The van der Waals surface area contributed by atoms with Gasteiger partial charge >= 0.3 is 11.9 Å². The van der Waals surface area contributed by atoms with E-state index in [9.17, 15) is 43.5 Å². The molecular weight excluding hydrogens is 666 g/mol. The molecule has 0 unspecified atom stereocenters. The van der Waals surface area contributed by atoms with E-state index in [2.05, 4.69) is 26.6 Å². The Morgan fingerprint density at radius 3 is 1.53 bits per heavy atom. The van der Waals surface area contributed by atoms with E-state index in [4.69, 9.17) is 16.6 Å². The molecule has 0 heterocycles. The largest absolute Gasteiger partial charge is 0.481 e. The molecule has 17 nitrogen and oxygen atoms in total. The van der Waals surface area contributed by atoms with E-state index in [1.54, 1.807) is 74.5 Å². The maximum atomic E-state index is 13.8. The van der Waals surface area contributed by atoms with Crippen molar-refractivity contribution >= 4 is 47.4 Å². The third kappa shape index (κ3) is 15.1. The van der Waals surface area contributed by atoms with E-state index in [-0.39, 0.29) is 12.8 Å². The van der Waals surface area contributed by atoms with Crippen molar-refractivity contribution in [2.24, 2.45) is 17.4 Å². The van der Waals surface area contributed by atoms with Gasteiger partial charge in [0.1, 0.15) is 30.7 Å². The molecule has 0 saturated carbocycles. The average Bonchev–Trinajstić information content (AvgIpc) is 3.07. The summed E-state index contributed by atoms with van der Waals surface area (Å²) in [6.07, 6.45) is -1.63. The fraction of sp³-hybridized carbons (Fsp3) is 0.412. The van der Waals surface area contributed by atoms with Gasteiger partial charge in [-0.1, -0.05) is 74.5 Å². The Hall–Kier alpha value is -5.84. The minimum Gasteiger partial charge on any atom is -0.481 e. The number of aliphatic carboxylic acids is 2. The molecule has 276 valence electrons. The lowest BCUT2D eigenvalue weighted by Crippen LogP contribution is -2.60. The molecule has 0 spiro atoms. The van der Waals surface area contributed by atoms with Gasteiger partial charge in [0.15, 0.2) is 0 Å². The Kier molecular flexibility index (Phi) is 16.7. The molecule has 2 rings (SSSR count). The number of hydrogen-bond acceptors (Lipinski definition) is 9. The SMILES string of the molecule is CC(C)[C@H](NC(=O)[C@H](Cc1ccccc1)NC(=O)[C@H](CCC(=O)O)NC(=O)[C@H](Cc1ccccc1)NC(=O)[C@@H](N)CC(N)=O)C(=O)NCC(=O)O. The summed E-state index contributed by atoms with van der Waals surface area (Å²) in [6, 6.07) is 10.3. The van der Waals surface area contributed by atoms with Gasteiger partial charge in [0.2, 0.25) is 35.4 Å². The lowest BCUT2D eigenvalue weighted by Gasteiger charge is -2.27. The Labute approximate surface area is 294 Å². The normalized spacial score (nSPS) is 13.7. The summed E-state index contributed by atoms with van der Waals surface area (Å²) in [5.41, 5.74) is 12.1. The van der Waals surface area contributed by atoms with Crippen LogP contribution in [0.15, 0.2) is 60.7 Å². The van der Waals surface area contributed by atoms with Gasteiger partial charge in [-0.25, -0.2) is 0 Å². The number of benzene rings is 2. The monoisotopic (exact) mass is 711 g/mol. The lowest BCUT2D eigenvalue weighted by molar-refractivity contribution is -0.139. The van der Waals surface area contributed by atoms with Gasteiger partial charge < -0.3 is 48.3 Å². The van der Waals surface area contributed by atoms with E-state index < -0.39 is 109 Å². The van der Waals surface area contributed by atoms with Crippen LogP contribution in [-0.4, -0.2) is 94.3 Å². The van der Waals surface area contributed by atoms with Crippen molar-refractivity contribution in [1.29, 1.82) is 0 Å². The van der Waals surface area contributed by atoms with E-state index in [0.717, 1.165) is 0 Å². The highest BCUT2D eigenvalue weighted by Gasteiger charge is 2.33. The smallest absolute Gasteiger partial charge is 0.322 e. The minimum atomic E-state index is -1.52. The molecule has 11 N–H and O–H groups in total. The van der Waals surface area contributed by atoms with Gasteiger partial charge in [0.25, 0.3) is 0 Å². The number of nitrogens with two attached hydrogens (primary N) is 2. The van der Waals surface area contributed by atoms with Gasteiger partial charge in [-0.15, -0.1) is 0 Å². The summed E-state index contributed by atoms with van der Waals surface area (Å²) in [5, 5.41) is 30.6. The zero-order valence-electron chi connectivity index (χ0n) is 28.3. The molecule has 0 aliphatic carbocycles. The maximum absolute atomic E-state index is 13.8. The zero-order chi connectivity index (χ0) is 38.1. The van der Waals surface area contributed by atoms with E-state index in [1.165, 1.54) is 0 Å². The van der Waals surface area contributed by atoms with Crippen molar-refractivity contribution in [3.8, 4) is 0 Å². The number of carboxylic acids is 2. The second kappa shape index (κ2) is 20.6. The zero-order valence-corrected chi connectivity index (χ0v) is 28.3. The highest BCUT2D eigenvalue weighted by molar-refractivity contribution is 5.97. The Bertz CT molecular complexity index is 1540. The molecular formula is C34H45N7O10. The molecule has 17 heteroatoms. The summed E-state index contributed by atoms with van der Waals surface area (Å²) in [5.74, 6) is -8.18. The summed E-state index contributed by atoms with van der Waals surface area (Å²) < 4.78 is 0. The van der Waals surface area contributed by atoms with Crippen molar-refractivity contribution in [2.45, 2.75) is 76.2 Å². The van der Waals surface area contributed by atoms with E-state index in [0.29, 0.717) is 11.1 Å². The van der Waals surface area contributed by atoms with Crippen molar-refractivity contribution in [3.05, 3.63) is 71.8 Å². The molecule has 51 heavy (non-hydrogen) atoms. The van der Waals surface area contributed by atoms with Gasteiger partial charge in [-0.2, -0.15) is 0 Å². The number of carbonyl (C=O) groups excluding carboxylic acids is 6. The molecule has 0 aromatic heterocycles. The van der Waals surface area contributed by atoms with Crippen molar-refractivity contribution in [1.82, 2.24) is 26.6 Å². The topological polar surface area (TPSA) is 289 Å². The van der Waals surface area contributed by atoms with Crippen LogP contribution in [0.25, 0.3) is 0 Å². The van der Waals surface area contributed by atoms with Crippen molar-refractivity contribution in [3.63, 3.8) is 0 Å².